The number of aryl methyl sites for hydroxylation is 1. The number of carboxylic acids is 1. The van der Waals surface area contributed by atoms with Crippen LogP contribution < -0.4 is 0 Å². The Morgan fingerprint density at radius 3 is 2.95 bits per heavy atom. The molecule has 1 heterocycles. The van der Waals surface area contributed by atoms with Gasteiger partial charge < -0.3 is 9.67 Å². The van der Waals surface area contributed by atoms with E-state index in [0.717, 1.165) is 24.7 Å². The zero-order valence-electron chi connectivity index (χ0n) is 11.8. The first kappa shape index (κ1) is 15.0. The van der Waals surface area contributed by atoms with Crippen molar-refractivity contribution in [2.75, 3.05) is 0 Å². The van der Waals surface area contributed by atoms with Crippen LogP contribution in [0, 0.1) is 5.82 Å². The molecule has 0 spiro atoms. The molecule has 2 aromatic rings. The van der Waals surface area contributed by atoms with Crippen LogP contribution in [0.3, 0.4) is 0 Å². The quantitative estimate of drug-likeness (QED) is 0.831. The van der Waals surface area contributed by atoms with Crippen LogP contribution in [0.5, 0.6) is 0 Å². The van der Waals surface area contributed by atoms with Crippen LogP contribution in [0.4, 0.5) is 4.39 Å². The summed E-state index contributed by atoms with van der Waals surface area (Å²) in [7, 11) is 0. The van der Waals surface area contributed by atoms with E-state index in [2.05, 4.69) is 11.9 Å². The zero-order valence-corrected chi connectivity index (χ0v) is 11.8. The lowest BCUT2D eigenvalue weighted by molar-refractivity contribution is -0.131. The fraction of sp³-hybridized carbons (Fsp3) is 0.250. The molecule has 21 heavy (non-hydrogen) atoms. The van der Waals surface area contributed by atoms with Gasteiger partial charge in [-0.3, -0.25) is 0 Å². The summed E-state index contributed by atoms with van der Waals surface area (Å²) in [5.74, 6) is -0.465. The van der Waals surface area contributed by atoms with Gasteiger partial charge in [-0.25, -0.2) is 14.2 Å². The Kier molecular flexibility index (Phi) is 4.87. The molecule has 5 heteroatoms. The number of halogens is 1. The van der Waals surface area contributed by atoms with Gasteiger partial charge in [-0.05, 0) is 24.1 Å². The van der Waals surface area contributed by atoms with Crippen molar-refractivity contribution in [3.05, 3.63) is 59.4 Å². The minimum absolute atomic E-state index is 0.348. The molecule has 0 aliphatic rings. The van der Waals surface area contributed by atoms with Gasteiger partial charge in [-0.15, -0.1) is 0 Å². The normalized spacial score (nSPS) is 11.1. The number of aromatic nitrogens is 2. The van der Waals surface area contributed by atoms with Crippen molar-refractivity contribution in [2.45, 2.75) is 26.3 Å². The summed E-state index contributed by atoms with van der Waals surface area (Å²) in [5, 5.41) is 8.56. The first-order valence-corrected chi connectivity index (χ1v) is 6.79. The molecular formula is C16H17FN2O2. The van der Waals surface area contributed by atoms with Crippen LogP contribution in [-0.4, -0.2) is 20.6 Å². The molecule has 0 fully saturated rings. The number of imidazole rings is 1. The third kappa shape index (κ3) is 4.02. The second-order valence-electron chi connectivity index (χ2n) is 4.74. The molecule has 4 nitrogen and oxygen atoms in total. The number of hydrogen-bond acceptors (Lipinski definition) is 2. The van der Waals surface area contributed by atoms with Crippen LogP contribution in [-0.2, 0) is 17.8 Å². The summed E-state index contributed by atoms with van der Waals surface area (Å²) in [5.41, 5.74) is 1.08. The van der Waals surface area contributed by atoms with E-state index in [1.807, 2.05) is 10.8 Å². The highest BCUT2D eigenvalue weighted by Gasteiger charge is 2.07. The zero-order chi connectivity index (χ0) is 15.2. The predicted molar refractivity (Wildman–Crippen MR) is 78.4 cm³/mol. The van der Waals surface area contributed by atoms with E-state index in [-0.39, 0.29) is 5.82 Å². The van der Waals surface area contributed by atoms with Gasteiger partial charge in [-0.2, -0.15) is 0 Å². The summed E-state index contributed by atoms with van der Waals surface area (Å²) in [4.78, 5) is 14.7. The maximum Gasteiger partial charge on any atom is 0.328 e. The van der Waals surface area contributed by atoms with Gasteiger partial charge in [0.2, 0.25) is 0 Å². The van der Waals surface area contributed by atoms with Crippen LogP contribution in [0.25, 0.3) is 6.08 Å². The molecule has 1 aromatic carbocycles. The number of carboxylic acid groups (broad SMARTS) is 1. The average molecular weight is 288 g/mol. The molecule has 0 aliphatic heterocycles. The second-order valence-corrected chi connectivity index (χ2v) is 4.74. The molecule has 0 bridgehead atoms. The Bertz CT molecular complexity index is 662. The molecule has 0 saturated carbocycles. The van der Waals surface area contributed by atoms with Crippen LogP contribution >= 0.6 is 0 Å². The van der Waals surface area contributed by atoms with Gasteiger partial charge in [-0.1, -0.05) is 19.1 Å². The largest absolute Gasteiger partial charge is 0.478 e. The Balaban J connectivity index is 2.17. The SMILES string of the molecule is CCCc1nccn1Cc1ccc(C=CC(=O)O)cc1F. The van der Waals surface area contributed by atoms with E-state index in [9.17, 15) is 9.18 Å². The highest BCUT2D eigenvalue weighted by Crippen LogP contribution is 2.14. The lowest BCUT2D eigenvalue weighted by Crippen LogP contribution is -2.06. The molecule has 0 amide bonds. The predicted octanol–water partition coefficient (Wildman–Crippen LogP) is 3.12. The Hall–Kier alpha value is -2.43. The van der Waals surface area contributed by atoms with Crippen molar-refractivity contribution >= 4 is 12.0 Å². The van der Waals surface area contributed by atoms with Crippen LogP contribution in [0.1, 0.15) is 30.3 Å². The number of hydrogen-bond donors (Lipinski definition) is 1. The first-order chi connectivity index (χ1) is 10.1. The Labute approximate surface area is 122 Å². The lowest BCUT2D eigenvalue weighted by Gasteiger charge is -2.09. The lowest BCUT2D eigenvalue weighted by atomic mass is 10.1. The van der Waals surface area contributed by atoms with Crippen LogP contribution in [0.2, 0.25) is 0 Å². The van der Waals surface area contributed by atoms with Gasteiger partial charge in [0.1, 0.15) is 11.6 Å². The van der Waals surface area contributed by atoms with Crippen molar-refractivity contribution in [2.24, 2.45) is 0 Å². The molecule has 1 N–H and O–H groups in total. The monoisotopic (exact) mass is 288 g/mol. The van der Waals surface area contributed by atoms with Crippen molar-refractivity contribution in [3.8, 4) is 0 Å². The number of nitrogens with zero attached hydrogens (tertiary/aromatic N) is 2. The summed E-state index contributed by atoms with van der Waals surface area (Å²) in [6, 6.07) is 4.71. The Morgan fingerprint density at radius 1 is 1.48 bits per heavy atom. The van der Waals surface area contributed by atoms with Crippen molar-refractivity contribution in [3.63, 3.8) is 0 Å². The summed E-state index contributed by atoms with van der Waals surface area (Å²) in [6.07, 6.45) is 7.75. The second kappa shape index (κ2) is 6.83. The molecule has 0 saturated heterocycles. The van der Waals surface area contributed by atoms with Gasteiger partial charge in [0.15, 0.2) is 0 Å². The van der Waals surface area contributed by atoms with E-state index in [4.69, 9.17) is 5.11 Å². The fourth-order valence-electron chi connectivity index (χ4n) is 2.08. The van der Waals surface area contributed by atoms with Crippen molar-refractivity contribution in [1.29, 1.82) is 0 Å². The molecule has 0 aliphatic carbocycles. The summed E-state index contributed by atoms with van der Waals surface area (Å²) >= 11 is 0. The molecule has 0 unspecified atom stereocenters. The van der Waals surface area contributed by atoms with E-state index in [1.165, 1.54) is 12.1 Å². The highest BCUT2D eigenvalue weighted by molar-refractivity contribution is 5.85. The van der Waals surface area contributed by atoms with E-state index >= 15 is 0 Å². The van der Waals surface area contributed by atoms with Crippen molar-refractivity contribution < 1.29 is 14.3 Å². The summed E-state index contributed by atoms with van der Waals surface area (Å²) in [6.45, 7) is 2.49. The minimum Gasteiger partial charge on any atom is -0.478 e. The Morgan fingerprint density at radius 2 is 2.29 bits per heavy atom. The number of carbonyl (C=O) groups is 1. The number of benzene rings is 1. The smallest absolute Gasteiger partial charge is 0.328 e. The van der Waals surface area contributed by atoms with E-state index in [1.54, 1.807) is 18.3 Å². The molecule has 2 rings (SSSR count). The molecular weight excluding hydrogens is 271 g/mol. The topological polar surface area (TPSA) is 55.1 Å². The molecule has 110 valence electrons. The van der Waals surface area contributed by atoms with Gasteiger partial charge in [0, 0.05) is 30.5 Å². The average Bonchev–Trinajstić information content (AvgIpc) is 2.87. The van der Waals surface area contributed by atoms with Crippen molar-refractivity contribution in [1.82, 2.24) is 9.55 Å². The minimum atomic E-state index is -1.05. The third-order valence-corrected chi connectivity index (χ3v) is 3.11. The van der Waals surface area contributed by atoms with E-state index < -0.39 is 5.97 Å². The number of rotatable bonds is 6. The van der Waals surface area contributed by atoms with Gasteiger partial charge in [0.05, 0.1) is 6.54 Å². The third-order valence-electron chi connectivity index (χ3n) is 3.11. The standard InChI is InChI=1S/C16H17FN2O2/c1-2-3-15-18-8-9-19(15)11-13-6-4-12(10-14(13)17)5-7-16(20)21/h4-10H,2-3,11H2,1H3,(H,20,21). The fourth-order valence-corrected chi connectivity index (χ4v) is 2.08. The van der Waals surface area contributed by atoms with Gasteiger partial charge in [0.25, 0.3) is 0 Å². The molecule has 1 aromatic heterocycles. The molecule has 0 radical (unpaired) electrons. The summed E-state index contributed by atoms with van der Waals surface area (Å²) < 4.78 is 16.0. The van der Waals surface area contributed by atoms with Gasteiger partial charge >= 0.3 is 5.97 Å². The maximum absolute atomic E-state index is 14.1. The number of aliphatic carboxylic acids is 1. The first-order valence-electron chi connectivity index (χ1n) is 6.79. The van der Waals surface area contributed by atoms with Crippen LogP contribution in [0.15, 0.2) is 36.7 Å². The highest BCUT2D eigenvalue weighted by atomic mass is 19.1. The molecule has 0 atom stereocenters. The van der Waals surface area contributed by atoms with E-state index in [0.29, 0.717) is 17.7 Å². The maximum atomic E-state index is 14.1.